The summed E-state index contributed by atoms with van der Waals surface area (Å²) in [7, 11) is 0. The average molecular weight is 220 g/mol. The number of anilines is 1. The predicted molar refractivity (Wildman–Crippen MR) is 58.7 cm³/mol. The highest BCUT2D eigenvalue weighted by Crippen LogP contribution is 2.14. The van der Waals surface area contributed by atoms with Crippen molar-refractivity contribution in [1.29, 1.82) is 0 Å². The highest BCUT2D eigenvalue weighted by molar-refractivity contribution is 5.87. The van der Waals surface area contributed by atoms with Crippen molar-refractivity contribution in [3.05, 3.63) is 24.3 Å². The fraction of sp³-hybridized carbons (Fsp3) is 0.300. The van der Waals surface area contributed by atoms with Crippen LogP contribution in [0.15, 0.2) is 18.6 Å². The number of aromatic carboxylic acids is 1. The smallest absolute Gasteiger partial charge is 0.354 e. The second kappa shape index (κ2) is 3.80. The number of rotatable bonds is 3. The molecule has 0 saturated heterocycles. The van der Waals surface area contributed by atoms with Gasteiger partial charge in [0.2, 0.25) is 0 Å². The molecule has 0 radical (unpaired) electrons. The van der Waals surface area contributed by atoms with Gasteiger partial charge in [-0.1, -0.05) is 0 Å². The molecule has 6 heteroatoms. The molecule has 6 nitrogen and oxygen atoms in total. The standard InChI is InChI=1S/C10H12N4O2/c1-6(2)13-8-9-12-5-7(10(15)16)14(9)4-3-11-8/h3-6H,1-2H3,(H,11,13)(H,15,16). The highest BCUT2D eigenvalue weighted by atomic mass is 16.4. The molecule has 0 aliphatic heterocycles. The second-order valence-corrected chi connectivity index (χ2v) is 3.72. The maximum Gasteiger partial charge on any atom is 0.354 e. The predicted octanol–water partition coefficient (Wildman–Crippen LogP) is 1.25. The average Bonchev–Trinajstić information content (AvgIpc) is 2.61. The summed E-state index contributed by atoms with van der Waals surface area (Å²) in [6, 6.07) is 0.212. The lowest BCUT2D eigenvalue weighted by Gasteiger charge is -2.09. The Kier molecular flexibility index (Phi) is 2.47. The molecule has 0 aliphatic carbocycles. The molecular weight excluding hydrogens is 208 g/mol. The van der Waals surface area contributed by atoms with Crippen LogP contribution in [0.5, 0.6) is 0 Å². The Labute approximate surface area is 92.0 Å². The summed E-state index contributed by atoms with van der Waals surface area (Å²) in [6.07, 6.45) is 4.45. The van der Waals surface area contributed by atoms with Gasteiger partial charge in [-0.25, -0.2) is 14.8 Å². The number of nitrogens with zero attached hydrogens (tertiary/aromatic N) is 3. The van der Waals surface area contributed by atoms with E-state index in [9.17, 15) is 4.79 Å². The van der Waals surface area contributed by atoms with Crippen molar-refractivity contribution in [2.24, 2.45) is 0 Å². The zero-order chi connectivity index (χ0) is 11.7. The zero-order valence-corrected chi connectivity index (χ0v) is 9.01. The number of carboxylic acids is 1. The van der Waals surface area contributed by atoms with Crippen molar-refractivity contribution in [3.8, 4) is 0 Å². The van der Waals surface area contributed by atoms with E-state index < -0.39 is 5.97 Å². The van der Waals surface area contributed by atoms with Crippen LogP contribution in [0.1, 0.15) is 24.3 Å². The van der Waals surface area contributed by atoms with Crippen molar-refractivity contribution in [1.82, 2.24) is 14.4 Å². The third kappa shape index (κ3) is 1.69. The minimum absolute atomic E-state index is 0.129. The van der Waals surface area contributed by atoms with E-state index in [1.54, 1.807) is 12.4 Å². The molecule has 0 spiro atoms. The number of hydrogen-bond donors (Lipinski definition) is 2. The minimum atomic E-state index is -1.01. The first-order valence-electron chi connectivity index (χ1n) is 4.91. The third-order valence-electron chi connectivity index (χ3n) is 2.07. The second-order valence-electron chi connectivity index (χ2n) is 3.72. The SMILES string of the molecule is CC(C)Nc1nccn2c(C(=O)O)cnc12. The summed E-state index contributed by atoms with van der Waals surface area (Å²) in [5, 5.41) is 12.1. The number of imidazole rings is 1. The molecule has 0 aliphatic rings. The molecule has 0 unspecified atom stereocenters. The Morgan fingerprint density at radius 1 is 1.50 bits per heavy atom. The van der Waals surface area contributed by atoms with Crippen molar-refractivity contribution < 1.29 is 9.90 Å². The molecule has 0 bridgehead atoms. The first kappa shape index (κ1) is 10.4. The van der Waals surface area contributed by atoms with Crippen LogP contribution in [0.2, 0.25) is 0 Å². The number of fused-ring (bicyclic) bond motifs is 1. The van der Waals surface area contributed by atoms with E-state index in [-0.39, 0.29) is 11.7 Å². The lowest BCUT2D eigenvalue weighted by atomic mass is 10.4. The molecular formula is C10H12N4O2. The molecule has 0 aromatic carbocycles. The Morgan fingerprint density at radius 2 is 2.25 bits per heavy atom. The fourth-order valence-corrected chi connectivity index (χ4v) is 1.45. The lowest BCUT2D eigenvalue weighted by Crippen LogP contribution is -2.12. The van der Waals surface area contributed by atoms with Crippen molar-refractivity contribution in [3.63, 3.8) is 0 Å². The summed E-state index contributed by atoms with van der Waals surface area (Å²) in [5.74, 6) is -0.417. The number of aromatic nitrogens is 3. The molecule has 2 heterocycles. The van der Waals surface area contributed by atoms with Crippen LogP contribution in [0.25, 0.3) is 5.65 Å². The van der Waals surface area contributed by atoms with Gasteiger partial charge in [0.15, 0.2) is 17.2 Å². The molecule has 84 valence electrons. The molecule has 2 aromatic heterocycles. The largest absolute Gasteiger partial charge is 0.477 e. The first-order chi connectivity index (χ1) is 7.59. The van der Waals surface area contributed by atoms with Gasteiger partial charge in [-0.3, -0.25) is 4.40 Å². The number of carbonyl (C=O) groups is 1. The first-order valence-corrected chi connectivity index (χ1v) is 4.91. The fourth-order valence-electron chi connectivity index (χ4n) is 1.45. The Bertz CT molecular complexity index is 533. The van der Waals surface area contributed by atoms with Crippen LogP contribution < -0.4 is 5.32 Å². The van der Waals surface area contributed by atoms with E-state index in [0.29, 0.717) is 11.5 Å². The molecule has 2 N–H and O–H groups in total. The molecule has 0 amide bonds. The molecule has 2 rings (SSSR count). The van der Waals surface area contributed by atoms with Crippen molar-refractivity contribution in [2.75, 3.05) is 5.32 Å². The summed E-state index contributed by atoms with van der Waals surface area (Å²) in [6.45, 7) is 3.96. The van der Waals surface area contributed by atoms with Crippen LogP contribution in [0, 0.1) is 0 Å². The van der Waals surface area contributed by atoms with Gasteiger partial charge in [-0.05, 0) is 13.8 Å². The number of carboxylic acid groups (broad SMARTS) is 1. The van der Waals surface area contributed by atoms with Gasteiger partial charge in [0.25, 0.3) is 0 Å². The quantitative estimate of drug-likeness (QED) is 0.813. The van der Waals surface area contributed by atoms with Crippen molar-refractivity contribution >= 4 is 17.4 Å². The number of hydrogen-bond acceptors (Lipinski definition) is 4. The summed E-state index contributed by atoms with van der Waals surface area (Å²) >= 11 is 0. The van der Waals surface area contributed by atoms with Gasteiger partial charge in [-0.2, -0.15) is 0 Å². The molecule has 2 aromatic rings. The van der Waals surface area contributed by atoms with Gasteiger partial charge in [0.1, 0.15) is 0 Å². The van der Waals surface area contributed by atoms with E-state index in [0.717, 1.165) is 0 Å². The van der Waals surface area contributed by atoms with Gasteiger partial charge in [-0.15, -0.1) is 0 Å². The zero-order valence-electron chi connectivity index (χ0n) is 9.01. The van der Waals surface area contributed by atoms with Crippen LogP contribution in [-0.4, -0.2) is 31.5 Å². The maximum atomic E-state index is 10.9. The van der Waals surface area contributed by atoms with Crippen LogP contribution >= 0.6 is 0 Å². The van der Waals surface area contributed by atoms with E-state index in [4.69, 9.17) is 5.11 Å². The van der Waals surface area contributed by atoms with Crippen molar-refractivity contribution in [2.45, 2.75) is 19.9 Å². The van der Waals surface area contributed by atoms with Gasteiger partial charge in [0.05, 0.1) is 6.20 Å². The lowest BCUT2D eigenvalue weighted by molar-refractivity contribution is 0.0689. The summed E-state index contributed by atoms with van der Waals surface area (Å²) in [4.78, 5) is 19.1. The van der Waals surface area contributed by atoms with Gasteiger partial charge < -0.3 is 10.4 Å². The Hall–Kier alpha value is -2.11. The topological polar surface area (TPSA) is 79.5 Å². The van der Waals surface area contributed by atoms with E-state index >= 15 is 0 Å². The summed E-state index contributed by atoms with van der Waals surface area (Å²) < 4.78 is 1.50. The highest BCUT2D eigenvalue weighted by Gasteiger charge is 2.13. The van der Waals surface area contributed by atoms with Crippen LogP contribution in [-0.2, 0) is 0 Å². The minimum Gasteiger partial charge on any atom is -0.477 e. The monoisotopic (exact) mass is 220 g/mol. The van der Waals surface area contributed by atoms with E-state index in [1.807, 2.05) is 13.8 Å². The van der Waals surface area contributed by atoms with E-state index in [2.05, 4.69) is 15.3 Å². The maximum absolute atomic E-state index is 10.9. The van der Waals surface area contributed by atoms with E-state index in [1.165, 1.54) is 10.6 Å². The molecule has 16 heavy (non-hydrogen) atoms. The third-order valence-corrected chi connectivity index (χ3v) is 2.07. The normalized spacial score (nSPS) is 10.9. The van der Waals surface area contributed by atoms with Gasteiger partial charge in [0, 0.05) is 18.4 Å². The van der Waals surface area contributed by atoms with Gasteiger partial charge >= 0.3 is 5.97 Å². The molecule has 0 saturated carbocycles. The molecule has 0 atom stereocenters. The number of nitrogens with one attached hydrogen (secondary N) is 1. The molecule has 0 fully saturated rings. The van der Waals surface area contributed by atoms with Crippen LogP contribution in [0.3, 0.4) is 0 Å². The Balaban J connectivity index is 2.57. The summed E-state index contributed by atoms with van der Waals surface area (Å²) in [5.41, 5.74) is 0.651. The Morgan fingerprint density at radius 3 is 2.88 bits per heavy atom. The van der Waals surface area contributed by atoms with Crippen LogP contribution in [0.4, 0.5) is 5.82 Å².